The fourth-order valence-corrected chi connectivity index (χ4v) is 3.61. The van der Waals surface area contributed by atoms with Crippen LogP contribution in [0.15, 0.2) is 0 Å². The molecule has 18 heavy (non-hydrogen) atoms. The van der Waals surface area contributed by atoms with Crippen LogP contribution in [0.4, 0.5) is 17.6 Å². The van der Waals surface area contributed by atoms with Gasteiger partial charge in [0.05, 0.1) is 6.10 Å². The molecule has 0 aromatic rings. The Labute approximate surface area is 101 Å². The molecule has 2 aliphatic carbocycles. The van der Waals surface area contributed by atoms with Gasteiger partial charge in [0.2, 0.25) is 0 Å². The second-order valence-electron chi connectivity index (χ2n) is 5.03. The van der Waals surface area contributed by atoms with Crippen LogP contribution in [-0.2, 0) is 10.1 Å². The summed E-state index contributed by atoms with van der Waals surface area (Å²) in [6.07, 6.45) is -0.922. The summed E-state index contributed by atoms with van der Waals surface area (Å²) >= 11 is 0. The molecule has 9 heteroatoms. The Balaban J connectivity index is 2.33. The SMILES string of the molecule is O=S(=O)(O)C(F)(F)C(F)(F)C1CC2CC(O)C1C2. The molecule has 0 amide bonds. The van der Waals surface area contributed by atoms with Gasteiger partial charge in [-0.25, -0.2) is 0 Å². The summed E-state index contributed by atoms with van der Waals surface area (Å²) in [5, 5.41) is 3.90. The van der Waals surface area contributed by atoms with Gasteiger partial charge >= 0.3 is 21.3 Å². The van der Waals surface area contributed by atoms with Crippen molar-refractivity contribution in [2.75, 3.05) is 0 Å². The van der Waals surface area contributed by atoms with E-state index in [2.05, 4.69) is 0 Å². The number of aliphatic hydroxyl groups excluding tert-OH is 1. The van der Waals surface area contributed by atoms with Crippen LogP contribution in [0.3, 0.4) is 0 Å². The molecule has 2 N–H and O–H groups in total. The zero-order valence-corrected chi connectivity index (χ0v) is 9.88. The molecule has 106 valence electrons. The highest BCUT2D eigenvalue weighted by molar-refractivity contribution is 7.87. The Hall–Kier alpha value is -0.410. The summed E-state index contributed by atoms with van der Waals surface area (Å²) in [5.74, 6) is -8.15. The smallest absolute Gasteiger partial charge is 0.393 e. The van der Waals surface area contributed by atoms with Crippen molar-refractivity contribution in [2.24, 2.45) is 17.8 Å². The molecule has 2 bridgehead atoms. The van der Waals surface area contributed by atoms with Gasteiger partial charge in [-0.15, -0.1) is 0 Å². The minimum Gasteiger partial charge on any atom is -0.393 e. The molecule has 0 aliphatic heterocycles. The lowest BCUT2D eigenvalue weighted by molar-refractivity contribution is -0.209. The number of alkyl halides is 4. The molecule has 4 atom stereocenters. The molecular weight excluding hydrogens is 280 g/mol. The van der Waals surface area contributed by atoms with Gasteiger partial charge in [-0.3, -0.25) is 4.55 Å². The van der Waals surface area contributed by atoms with Crippen LogP contribution in [-0.4, -0.2) is 35.4 Å². The van der Waals surface area contributed by atoms with E-state index in [9.17, 15) is 31.1 Å². The van der Waals surface area contributed by atoms with E-state index in [1.165, 1.54) is 0 Å². The summed E-state index contributed by atoms with van der Waals surface area (Å²) in [6.45, 7) is 0. The average molecular weight is 292 g/mol. The highest BCUT2D eigenvalue weighted by atomic mass is 32.2. The number of aliphatic hydroxyl groups is 1. The van der Waals surface area contributed by atoms with Crippen LogP contribution < -0.4 is 0 Å². The molecular formula is C9H12F4O4S. The first-order valence-corrected chi connectivity index (χ1v) is 6.83. The average Bonchev–Trinajstić information content (AvgIpc) is 2.73. The van der Waals surface area contributed by atoms with Gasteiger partial charge in [0, 0.05) is 5.92 Å². The number of fused-ring (bicyclic) bond motifs is 2. The maximum Gasteiger partial charge on any atom is 0.431 e. The predicted molar refractivity (Wildman–Crippen MR) is 51.8 cm³/mol. The zero-order valence-electron chi connectivity index (χ0n) is 9.06. The van der Waals surface area contributed by atoms with Crippen molar-refractivity contribution in [2.45, 2.75) is 36.5 Å². The Morgan fingerprint density at radius 1 is 1.06 bits per heavy atom. The first-order valence-electron chi connectivity index (χ1n) is 5.39. The van der Waals surface area contributed by atoms with Gasteiger partial charge in [0.1, 0.15) is 0 Å². The molecule has 0 spiro atoms. The van der Waals surface area contributed by atoms with E-state index in [-0.39, 0.29) is 25.2 Å². The monoisotopic (exact) mass is 292 g/mol. The fourth-order valence-electron chi connectivity index (χ4n) is 3.12. The van der Waals surface area contributed by atoms with E-state index in [1.807, 2.05) is 0 Å². The van der Waals surface area contributed by atoms with Gasteiger partial charge in [-0.05, 0) is 31.1 Å². The second-order valence-corrected chi connectivity index (χ2v) is 6.49. The first kappa shape index (κ1) is 14.0. The van der Waals surface area contributed by atoms with Crippen LogP contribution in [0.1, 0.15) is 19.3 Å². The Kier molecular flexibility index (Phi) is 2.95. The number of hydrogen-bond donors (Lipinski definition) is 2. The van der Waals surface area contributed by atoms with E-state index in [4.69, 9.17) is 4.55 Å². The van der Waals surface area contributed by atoms with Crippen molar-refractivity contribution in [3.8, 4) is 0 Å². The van der Waals surface area contributed by atoms with E-state index >= 15 is 0 Å². The third-order valence-electron chi connectivity index (χ3n) is 3.96. The molecule has 0 aromatic heterocycles. The van der Waals surface area contributed by atoms with Crippen molar-refractivity contribution < 1.29 is 35.6 Å². The van der Waals surface area contributed by atoms with Crippen molar-refractivity contribution in [3.63, 3.8) is 0 Å². The Bertz CT molecular complexity index is 449. The topological polar surface area (TPSA) is 74.6 Å². The Morgan fingerprint density at radius 2 is 1.61 bits per heavy atom. The van der Waals surface area contributed by atoms with E-state index < -0.39 is 39.2 Å². The van der Waals surface area contributed by atoms with Crippen molar-refractivity contribution in [1.82, 2.24) is 0 Å². The van der Waals surface area contributed by atoms with E-state index in [1.54, 1.807) is 0 Å². The summed E-state index contributed by atoms with van der Waals surface area (Å²) in [5.41, 5.74) is 0. The summed E-state index contributed by atoms with van der Waals surface area (Å²) < 4.78 is 82.6. The molecule has 2 aliphatic rings. The number of halogens is 4. The molecule has 2 fully saturated rings. The molecule has 4 unspecified atom stereocenters. The fraction of sp³-hybridized carbons (Fsp3) is 1.00. The molecule has 2 saturated carbocycles. The lowest BCUT2D eigenvalue weighted by atomic mass is 9.82. The third-order valence-corrected chi connectivity index (χ3v) is 4.88. The van der Waals surface area contributed by atoms with Crippen LogP contribution in [0, 0.1) is 17.8 Å². The minimum absolute atomic E-state index is 0.184. The van der Waals surface area contributed by atoms with Crippen LogP contribution >= 0.6 is 0 Å². The first-order chi connectivity index (χ1) is 7.98. The summed E-state index contributed by atoms with van der Waals surface area (Å²) in [7, 11) is -6.20. The standard InChI is InChI=1S/C9H12F4O4S/c10-8(11,9(12,13)18(15,16)17)6-2-4-1-5(6)7(14)3-4/h4-7,14H,1-3H2,(H,15,16,17). The van der Waals surface area contributed by atoms with Crippen LogP contribution in [0.5, 0.6) is 0 Å². The second kappa shape index (κ2) is 3.80. The predicted octanol–water partition coefficient (Wildman–Crippen LogP) is 1.51. The highest BCUT2D eigenvalue weighted by Crippen LogP contribution is 2.58. The molecule has 0 radical (unpaired) electrons. The minimum atomic E-state index is -6.20. The van der Waals surface area contributed by atoms with Gasteiger partial charge in [0.25, 0.3) is 0 Å². The molecule has 0 aromatic carbocycles. The maximum atomic E-state index is 13.6. The van der Waals surface area contributed by atoms with Crippen molar-refractivity contribution >= 4 is 10.1 Å². The van der Waals surface area contributed by atoms with Crippen LogP contribution in [0.25, 0.3) is 0 Å². The molecule has 0 saturated heterocycles. The quantitative estimate of drug-likeness (QED) is 0.611. The maximum absolute atomic E-state index is 13.6. The molecule has 4 nitrogen and oxygen atoms in total. The summed E-state index contributed by atoms with van der Waals surface area (Å²) in [4.78, 5) is 0. The normalized spacial score (nSPS) is 37.2. The third kappa shape index (κ3) is 1.75. The largest absolute Gasteiger partial charge is 0.431 e. The van der Waals surface area contributed by atoms with Gasteiger partial charge in [-0.2, -0.15) is 26.0 Å². The van der Waals surface area contributed by atoms with E-state index in [0.29, 0.717) is 0 Å². The van der Waals surface area contributed by atoms with Crippen molar-refractivity contribution in [1.29, 1.82) is 0 Å². The Morgan fingerprint density at radius 3 is 2.00 bits per heavy atom. The van der Waals surface area contributed by atoms with Gasteiger partial charge < -0.3 is 5.11 Å². The van der Waals surface area contributed by atoms with E-state index in [0.717, 1.165) is 0 Å². The molecule has 2 rings (SSSR count). The molecule has 0 heterocycles. The summed E-state index contributed by atoms with van der Waals surface area (Å²) in [6, 6.07) is 0. The van der Waals surface area contributed by atoms with Crippen molar-refractivity contribution in [3.05, 3.63) is 0 Å². The van der Waals surface area contributed by atoms with Gasteiger partial charge in [0.15, 0.2) is 0 Å². The van der Waals surface area contributed by atoms with Gasteiger partial charge in [-0.1, -0.05) is 0 Å². The number of rotatable bonds is 3. The number of hydrogen-bond acceptors (Lipinski definition) is 3. The lowest BCUT2D eigenvalue weighted by Crippen LogP contribution is -2.54. The lowest BCUT2D eigenvalue weighted by Gasteiger charge is -2.35. The zero-order chi connectivity index (χ0) is 13.9. The van der Waals surface area contributed by atoms with Crippen LogP contribution in [0.2, 0.25) is 0 Å². The highest BCUT2D eigenvalue weighted by Gasteiger charge is 2.72.